The van der Waals surface area contributed by atoms with Gasteiger partial charge in [-0.1, -0.05) is 50.8 Å². The summed E-state index contributed by atoms with van der Waals surface area (Å²) in [7, 11) is 0. The van der Waals surface area contributed by atoms with E-state index in [0.29, 0.717) is 6.10 Å². The number of para-hydroxylation sites is 1. The van der Waals surface area contributed by atoms with Gasteiger partial charge in [0.1, 0.15) is 11.9 Å². The van der Waals surface area contributed by atoms with E-state index in [1.165, 1.54) is 37.7 Å². The Balaban J connectivity index is 1.80. The van der Waals surface area contributed by atoms with E-state index in [1.807, 2.05) is 18.2 Å². The first-order valence-corrected chi connectivity index (χ1v) is 7.32. The van der Waals surface area contributed by atoms with Gasteiger partial charge in [0.05, 0.1) is 0 Å². The summed E-state index contributed by atoms with van der Waals surface area (Å²) in [5, 5.41) is 0. The number of hydrogen-bond acceptors (Lipinski definition) is 2. The van der Waals surface area contributed by atoms with Crippen LogP contribution < -0.4 is 10.5 Å². The third-order valence-corrected chi connectivity index (χ3v) is 3.76. The van der Waals surface area contributed by atoms with Gasteiger partial charge in [0.15, 0.2) is 0 Å². The van der Waals surface area contributed by atoms with Gasteiger partial charge in [0.25, 0.3) is 0 Å². The number of unbranched alkanes of at least 4 members (excludes halogenated alkanes) is 4. The number of ether oxygens (including phenoxy) is 1. The lowest BCUT2D eigenvalue weighted by atomic mass is 9.94. The fourth-order valence-electron chi connectivity index (χ4n) is 2.68. The van der Waals surface area contributed by atoms with Gasteiger partial charge in [-0.25, -0.2) is 0 Å². The largest absolute Gasteiger partial charge is 0.490 e. The number of benzene rings is 1. The third-order valence-electron chi connectivity index (χ3n) is 3.76. The average molecular weight is 247 g/mol. The molecule has 2 rings (SSSR count). The molecule has 1 aromatic carbocycles. The zero-order valence-corrected chi connectivity index (χ0v) is 11.4. The lowest BCUT2D eigenvalue weighted by molar-refractivity contribution is 0.146. The molecule has 0 radical (unpaired) electrons. The molecule has 0 aliphatic carbocycles. The molecular weight excluding hydrogens is 222 g/mol. The lowest BCUT2D eigenvalue weighted by Crippen LogP contribution is -2.29. The molecule has 1 heterocycles. The summed E-state index contributed by atoms with van der Waals surface area (Å²) in [4.78, 5) is 0. The van der Waals surface area contributed by atoms with Crippen molar-refractivity contribution in [1.29, 1.82) is 0 Å². The summed E-state index contributed by atoms with van der Waals surface area (Å²) in [6, 6.07) is 8.33. The molecule has 1 aliphatic heterocycles. The van der Waals surface area contributed by atoms with E-state index in [-0.39, 0.29) is 6.04 Å². The van der Waals surface area contributed by atoms with E-state index in [4.69, 9.17) is 10.5 Å². The summed E-state index contributed by atoms with van der Waals surface area (Å²) < 4.78 is 6.03. The predicted octanol–water partition coefficient (Wildman–Crippen LogP) is 4.20. The highest BCUT2D eigenvalue weighted by Crippen LogP contribution is 2.34. The standard InChI is InChI=1S/C16H25NO/c1-2-3-4-5-6-9-13-12-15(17)14-10-7-8-11-16(14)18-13/h7-8,10-11,13,15H,2-6,9,12,17H2,1H3/t13?,15-/m0/s1. The van der Waals surface area contributed by atoms with E-state index in [9.17, 15) is 0 Å². The van der Waals surface area contributed by atoms with Crippen LogP contribution in [-0.4, -0.2) is 6.10 Å². The Morgan fingerprint density at radius 3 is 2.78 bits per heavy atom. The highest BCUT2D eigenvalue weighted by atomic mass is 16.5. The maximum atomic E-state index is 6.21. The molecule has 1 unspecified atom stereocenters. The molecule has 18 heavy (non-hydrogen) atoms. The number of hydrogen-bond donors (Lipinski definition) is 1. The Bertz CT molecular complexity index is 364. The maximum absolute atomic E-state index is 6.21. The molecule has 2 N–H and O–H groups in total. The second-order valence-electron chi connectivity index (χ2n) is 5.32. The minimum absolute atomic E-state index is 0.149. The second-order valence-corrected chi connectivity index (χ2v) is 5.32. The predicted molar refractivity (Wildman–Crippen MR) is 75.8 cm³/mol. The molecule has 2 atom stereocenters. The topological polar surface area (TPSA) is 35.2 Å². The average Bonchev–Trinajstić information content (AvgIpc) is 2.39. The molecule has 0 amide bonds. The molecular formula is C16H25NO. The summed E-state index contributed by atoms with van der Waals surface area (Å²) in [5.74, 6) is 0.995. The molecule has 1 aromatic rings. The van der Waals surface area contributed by atoms with Gasteiger partial charge in [0, 0.05) is 18.0 Å². The minimum atomic E-state index is 0.149. The Morgan fingerprint density at radius 2 is 1.94 bits per heavy atom. The van der Waals surface area contributed by atoms with Crippen LogP contribution in [0.3, 0.4) is 0 Å². The Kier molecular flexibility index (Phi) is 5.06. The Labute approximate surface area is 111 Å². The van der Waals surface area contributed by atoms with Gasteiger partial charge >= 0.3 is 0 Å². The molecule has 0 spiro atoms. The molecule has 2 heteroatoms. The van der Waals surface area contributed by atoms with E-state index in [0.717, 1.165) is 18.6 Å². The van der Waals surface area contributed by atoms with Crippen LogP contribution >= 0.6 is 0 Å². The number of nitrogens with two attached hydrogens (primary N) is 1. The Morgan fingerprint density at radius 1 is 1.17 bits per heavy atom. The molecule has 0 saturated heterocycles. The molecule has 1 aliphatic rings. The quantitative estimate of drug-likeness (QED) is 0.765. The van der Waals surface area contributed by atoms with Gasteiger partial charge in [0.2, 0.25) is 0 Å². The zero-order chi connectivity index (χ0) is 12.8. The molecule has 0 aromatic heterocycles. The fraction of sp³-hybridized carbons (Fsp3) is 0.625. The van der Waals surface area contributed by atoms with Crippen molar-refractivity contribution < 1.29 is 4.74 Å². The number of fused-ring (bicyclic) bond motifs is 1. The lowest BCUT2D eigenvalue weighted by Gasteiger charge is -2.30. The summed E-state index contributed by atoms with van der Waals surface area (Å²) in [6.45, 7) is 2.25. The zero-order valence-electron chi connectivity index (χ0n) is 11.4. The molecule has 2 nitrogen and oxygen atoms in total. The van der Waals surface area contributed by atoms with Crippen molar-refractivity contribution in [2.75, 3.05) is 0 Å². The third kappa shape index (κ3) is 3.49. The minimum Gasteiger partial charge on any atom is -0.490 e. The van der Waals surface area contributed by atoms with Crippen molar-refractivity contribution in [3.8, 4) is 5.75 Å². The SMILES string of the molecule is CCCCCCCC1C[C@H](N)c2ccccc2O1. The van der Waals surface area contributed by atoms with Crippen LogP contribution in [0.15, 0.2) is 24.3 Å². The van der Waals surface area contributed by atoms with Crippen molar-refractivity contribution in [2.24, 2.45) is 5.73 Å². The molecule has 0 bridgehead atoms. The van der Waals surface area contributed by atoms with Gasteiger partial charge in [-0.2, -0.15) is 0 Å². The second kappa shape index (κ2) is 6.79. The van der Waals surface area contributed by atoms with E-state index in [1.54, 1.807) is 0 Å². The van der Waals surface area contributed by atoms with Crippen molar-refractivity contribution in [3.05, 3.63) is 29.8 Å². The smallest absolute Gasteiger partial charge is 0.124 e. The number of rotatable bonds is 6. The van der Waals surface area contributed by atoms with Crippen molar-refractivity contribution in [1.82, 2.24) is 0 Å². The summed E-state index contributed by atoms with van der Waals surface area (Å²) >= 11 is 0. The van der Waals surface area contributed by atoms with Crippen LogP contribution in [0.5, 0.6) is 5.75 Å². The Hall–Kier alpha value is -1.02. The van der Waals surface area contributed by atoms with Gasteiger partial charge in [-0.15, -0.1) is 0 Å². The van der Waals surface area contributed by atoms with E-state index in [2.05, 4.69) is 13.0 Å². The highest BCUT2D eigenvalue weighted by molar-refractivity contribution is 5.37. The van der Waals surface area contributed by atoms with E-state index >= 15 is 0 Å². The monoisotopic (exact) mass is 247 g/mol. The van der Waals surface area contributed by atoms with Crippen LogP contribution in [0, 0.1) is 0 Å². The van der Waals surface area contributed by atoms with Gasteiger partial charge < -0.3 is 10.5 Å². The van der Waals surface area contributed by atoms with Crippen LogP contribution in [-0.2, 0) is 0 Å². The van der Waals surface area contributed by atoms with E-state index < -0.39 is 0 Å². The normalized spacial score (nSPS) is 22.3. The molecule has 100 valence electrons. The van der Waals surface area contributed by atoms with Crippen molar-refractivity contribution >= 4 is 0 Å². The first kappa shape index (κ1) is 13.4. The molecule has 0 saturated carbocycles. The first-order valence-electron chi connectivity index (χ1n) is 7.32. The first-order chi connectivity index (χ1) is 8.81. The van der Waals surface area contributed by atoms with Crippen molar-refractivity contribution in [2.45, 2.75) is 64.0 Å². The highest BCUT2D eigenvalue weighted by Gasteiger charge is 2.24. The van der Waals surface area contributed by atoms with Crippen LogP contribution in [0.2, 0.25) is 0 Å². The maximum Gasteiger partial charge on any atom is 0.124 e. The van der Waals surface area contributed by atoms with Crippen LogP contribution in [0.4, 0.5) is 0 Å². The van der Waals surface area contributed by atoms with Crippen LogP contribution in [0.1, 0.15) is 63.5 Å². The molecule has 0 fully saturated rings. The fourth-order valence-corrected chi connectivity index (χ4v) is 2.68. The van der Waals surface area contributed by atoms with Gasteiger partial charge in [-0.05, 0) is 18.9 Å². The van der Waals surface area contributed by atoms with Gasteiger partial charge in [-0.3, -0.25) is 0 Å². The summed E-state index contributed by atoms with van der Waals surface area (Å²) in [6.07, 6.45) is 9.02. The van der Waals surface area contributed by atoms with Crippen LogP contribution in [0.25, 0.3) is 0 Å². The summed E-state index contributed by atoms with van der Waals surface area (Å²) in [5.41, 5.74) is 7.38. The van der Waals surface area contributed by atoms with Crippen molar-refractivity contribution in [3.63, 3.8) is 0 Å².